The van der Waals surface area contributed by atoms with Gasteiger partial charge in [-0.05, 0) is 42.0 Å². The SMILES string of the molecule is O=C(CCOc1ccccc1)Nc1ccc(NCc2ccncc2)nc1. The van der Waals surface area contributed by atoms with Crippen molar-refractivity contribution in [1.82, 2.24) is 9.97 Å². The zero-order chi connectivity index (χ0) is 18.0. The minimum atomic E-state index is -0.111. The third kappa shape index (κ3) is 5.59. The molecule has 3 aromatic rings. The molecule has 0 unspecified atom stereocenters. The normalized spacial score (nSPS) is 10.2. The second-order valence-corrected chi connectivity index (χ2v) is 5.60. The number of para-hydroxylation sites is 1. The minimum absolute atomic E-state index is 0.111. The molecule has 132 valence electrons. The van der Waals surface area contributed by atoms with E-state index in [0.29, 0.717) is 18.8 Å². The molecule has 2 N–H and O–H groups in total. The number of nitrogens with one attached hydrogen (secondary N) is 2. The quantitative estimate of drug-likeness (QED) is 0.652. The van der Waals surface area contributed by atoms with Crippen LogP contribution in [0.4, 0.5) is 11.5 Å². The van der Waals surface area contributed by atoms with E-state index in [9.17, 15) is 4.79 Å². The van der Waals surface area contributed by atoms with Crippen LogP contribution in [0.2, 0.25) is 0 Å². The van der Waals surface area contributed by atoms with Gasteiger partial charge in [-0.3, -0.25) is 9.78 Å². The largest absolute Gasteiger partial charge is 0.493 e. The molecule has 0 saturated heterocycles. The van der Waals surface area contributed by atoms with E-state index in [1.165, 1.54) is 0 Å². The van der Waals surface area contributed by atoms with Crippen molar-refractivity contribution in [1.29, 1.82) is 0 Å². The van der Waals surface area contributed by atoms with Gasteiger partial charge in [0.15, 0.2) is 0 Å². The molecule has 26 heavy (non-hydrogen) atoms. The lowest BCUT2D eigenvalue weighted by molar-refractivity contribution is -0.116. The number of anilines is 2. The first kappa shape index (κ1) is 17.4. The van der Waals surface area contributed by atoms with Crippen molar-refractivity contribution in [3.8, 4) is 5.75 Å². The van der Waals surface area contributed by atoms with Crippen molar-refractivity contribution in [2.75, 3.05) is 17.2 Å². The highest BCUT2D eigenvalue weighted by atomic mass is 16.5. The molecule has 3 rings (SSSR count). The third-order valence-corrected chi connectivity index (χ3v) is 3.61. The maximum atomic E-state index is 12.0. The number of pyridine rings is 2. The summed E-state index contributed by atoms with van der Waals surface area (Å²) in [5.41, 5.74) is 1.78. The van der Waals surface area contributed by atoms with Gasteiger partial charge in [-0.15, -0.1) is 0 Å². The van der Waals surface area contributed by atoms with E-state index >= 15 is 0 Å². The Hall–Kier alpha value is -3.41. The van der Waals surface area contributed by atoms with E-state index in [1.807, 2.05) is 54.6 Å². The molecular weight excluding hydrogens is 328 g/mol. The lowest BCUT2D eigenvalue weighted by Crippen LogP contribution is -2.15. The number of rotatable bonds is 8. The fraction of sp³-hybridized carbons (Fsp3) is 0.150. The molecule has 6 nitrogen and oxygen atoms in total. The second-order valence-electron chi connectivity index (χ2n) is 5.60. The van der Waals surface area contributed by atoms with Gasteiger partial charge < -0.3 is 15.4 Å². The predicted octanol–water partition coefficient (Wildman–Crippen LogP) is 3.50. The summed E-state index contributed by atoms with van der Waals surface area (Å²) in [6, 6.07) is 17.0. The molecule has 0 aliphatic carbocycles. The van der Waals surface area contributed by atoms with E-state index in [0.717, 1.165) is 17.1 Å². The van der Waals surface area contributed by atoms with Crippen LogP contribution >= 0.6 is 0 Å². The van der Waals surface area contributed by atoms with Gasteiger partial charge in [-0.25, -0.2) is 4.98 Å². The molecule has 0 saturated carbocycles. The van der Waals surface area contributed by atoms with Crippen LogP contribution in [0.15, 0.2) is 73.2 Å². The first-order valence-corrected chi connectivity index (χ1v) is 8.36. The Morgan fingerprint density at radius 3 is 2.54 bits per heavy atom. The molecule has 2 aromatic heterocycles. The van der Waals surface area contributed by atoms with Crippen molar-refractivity contribution in [3.63, 3.8) is 0 Å². The average Bonchev–Trinajstić information content (AvgIpc) is 2.69. The Labute approximate surface area is 152 Å². The Morgan fingerprint density at radius 2 is 1.81 bits per heavy atom. The minimum Gasteiger partial charge on any atom is -0.493 e. The van der Waals surface area contributed by atoms with Gasteiger partial charge in [0.25, 0.3) is 0 Å². The number of carbonyl (C=O) groups excluding carboxylic acids is 1. The van der Waals surface area contributed by atoms with E-state index in [1.54, 1.807) is 18.6 Å². The molecule has 0 aliphatic rings. The summed E-state index contributed by atoms with van der Waals surface area (Å²) in [4.78, 5) is 20.2. The molecule has 1 amide bonds. The third-order valence-electron chi connectivity index (χ3n) is 3.61. The van der Waals surface area contributed by atoms with Crippen LogP contribution in [0.1, 0.15) is 12.0 Å². The van der Waals surface area contributed by atoms with Gasteiger partial charge in [-0.1, -0.05) is 18.2 Å². The molecule has 6 heteroatoms. The van der Waals surface area contributed by atoms with Crippen LogP contribution in [0.5, 0.6) is 5.75 Å². The number of benzene rings is 1. The number of nitrogens with zero attached hydrogens (tertiary/aromatic N) is 2. The summed E-state index contributed by atoms with van der Waals surface area (Å²) in [5, 5.41) is 6.03. The van der Waals surface area contributed by atoms with E-state index in [-0.39, 0.29) is 12.3 Å². The van der Waals surface area contributed by atoms with E-state index in [2.05, 4.69) is 20.6 Å². The highest BCUT2D eigenvalue weighted by Crippen LogP contribution is 2.12. The maximum Gasteiger partial charge on any atom is 0.227 e. The number of carbonyl (C=O) groups is 1. The van der Waals surface area contributed by atoms with Crippen LogP contribution < -0.4 is 15.4 Å². The van der Waals surface area contributed by atoms with Crippen LogP contribution in [0.3, 0.4) is 0 Å². The molecule has 0 aliphatic heterocycles. The number of ether oxygens (including phenoxy) is 1. The van der Waals surface area contributed by atoms with Gasteiger partial charge in [0, 0.05) is 18.9 Å². The van der Waals surface area contributed by atoms with Crippen molar-refractivity contribution in [2.45, 2.75) is 13.0 Å². The smallest absolute Gasteiger partial charge is 0.227 e. The number of aromatic nitrogens is 2. The summed E-state index contributed by atoms with van der Waals surface area (Å²) in [6.45, 7) is 0.993. The first-order chi connectivity index (χ1) is 12.8. The number of amides is 1. The van der Waals surface area contributed by atoms with Gasteiger partial charge >= 0.3 is 0 Å². The summed E-state index contributed by atoms with van der Waals surface area (Å²) < 4.78 is 5.52. The topological polar surface area (TPSA) is 76.1 Å². The van der Waals surface area contributed by atoms with Crippen molar-refractivity contribution in [2.24, 2.45) is 0 Å². The van der Waals surface area contributed by atoms with E-state index < -0.39 is 0 Å². The van der Waals surface area contributed by atoms with Crippen molar-refractivity contribution >= 4 is 17.4 Å². The predicted molar refractivity (Wildman–Crippen MR) is 101 cm³/mol. The summed E-state index contributed by atoms with van der Waals surface area (Å²) in [5.74, 6) is 1.39. The fourth-order valence-electron chi connectivity index (χ4n) is 2.27. The van der Waals surface area contributed by atoms with Crippen LogP contribution in [0.25, 0.3) is 0 Å². The van der Waals surface area contributed by atoms with Gasteiger partial charge in [-0.2, -0.15) is 0 Å². The van der Waals surface area contributed by atoms with Crippen LogP contribution in [-0.2, 0) is 11.3 Å². The van der Waals surface area contributed by atoms with E-state index in [4.69, 9.17) is 4.74 Å². The lowest BCUT2D eigenvalue weighted by atomic mass is 10.3. The molecule has 0 bridgehead atoms. The second kappa shape index (κ2) is 9.17. The molecule has 0 radical (unpaired) electrons. The van der Waals surface area contributed by atoms with Crippen molar-refractivity contribution < 1.29 is 9.53 Å². The summed E-state index contributed by atoms with van der Waals surface area (Å²) >= 11 is 0. The standard InChI is InChI=1S/C20H20N4O2/c25-20(10-13-26-18-4-2-1-3-5-18)24-17-6-7-19(23-15-17)22-14-16-8-11-21-12-9-16/h1-9,11-12,15H,10,13-14H2,(H,22,23)(H,24,25). The summed E-state index contributed by atoms with van der Waals surface area (Å²) in [6.07, 6.45) is 5.41. The van der Waals surface area contributed by atoms with Crippen LogP contribution in [-0.4, -0.2) is 22.5 Å². The number of hydrogen-bond donors (Lipinski definition) is 2. The fourth-order valence-corrected chi connectivity index (χ4v) is 2.27. The Morgan fingerprint density at radius 1 is 1.00 bits per heavy atom. The highest BCUT2D eigenvalue weighted by molar-refractivity contribution is 5.90. The monoisotopic (exact) mass is 348 g/mol. The lowest BCUT2D eigenvalue weighted by Gasteiger charge is -2.09. The first-order valence-electron chi connectivity index (χ1n) is 8.36. The molecule has 0 spiro atoms. The summed E-state index contributed by atoms with van der Waals surface area (Å²) in [7, 11) is 0. The van der Waals surface area contributed by atoms with Crippen LogP contribution in [0, 0.1) is 0 Å². The van der Waals surface area contributed by atoms with Gasteiger partial charge in [0.1, 0.15) is 11.6 Å². The number of hydrogen-bond acceptors (Lipinski definition) is 5. The molecule has 0 fully saturated rings. The molecular formula is C20H20N4O2. The van der Waals surface area contributed by atoms with Gasteiger partial charge in [0.05, 0.1) is 24.9 Å². The molecule has 0 atom stereocenters. The highest BCUT2D eigenvalue weighted by Gasteiger charge is 2.04. The Kier molecular flexibility index (Phi) is 6.14. The van der Waals surface area contributed by atoms with Crippen molar-refractivity contribution in [3.05, 3.63) is 78.8 Å². The molecule has 2 heterocycles. The molecule has 1 aromatic carbocycles. The average molecular weight is 348 g/mol. The Balaban J connectivity index is 1.41. The zero-order valence-corrected chi connectivity index (χ0v) is 14.3. The van der Waals surface area contributed by atoms with Gasteiger partial charge in [0.2, 0.25) is 5.91 Å². The maximum absolute atomic E-state index is 12.0. The zero-order valence-electron chi connectivity index (χ0n) is 14.3. The Bertz CT molecular complexity index is 808.